The lowest BCUT2D eigenvalue weighted by Crippen LogP contribution is -2.15. The highest BCUT2D eigenvalue weighted by Gasteiger charge is 2.13. The first-order valence-electron chi connectivity index (χ1n) is 6.02. The first kappa shape index (κ1) is 14.9. The van der Waals surface area contributed by atoms with Crippen LogP contribution in [0.25, 0.3) is 0 Å². The molecule has 0 heterocycles. The zero-order chi connectivity index (χ0) is 14.7. The van der Waals surface area contributed by atoms with E-state index in [1.54, 1.807) is 6.07 Å². The summed E-state index contributed by atoms with van der Waals surface area (Å²) < 4.78 is 39.7. The molecule has 0 bridgehead atoms. The number of benzene rings is 2. The molecule has 1 N–H and O–H groups in total. The average molecular weight is 301 g/mol. The van der Waals surface area contributed by atoms with Crippen LogP contribution in [0, 0.1) is 17.5 Å². The minimum atomic E-state index is -0.964. The topological polar surface area (TPSA) is 20.2 Å². The van der Waals surface area contributed by atoms with Crippen LogP contribution in [0.2, 0.25) is 5.02 Å². The summed E-state index contributed by atoms with van der Waals surface area (Å²) in [6.07, 6.45) is -0.857. The molecule has 2 rings (SSSR count). The fraction of sp³-hybridized carbons (Fsp3) is 0.200. The van der Waals surface area contributed by atoms with Gasteiger partial charge in [-0.1, -0.05) is 29.8 Å². The summed E-state index contributed by atoms with van der Waals surface area (Å²) in [5, 5.41) is 9.89. The molecular formula is C15H12ClF3O. The molecule has 2 aromatic carbocycles. The van der Waals surface area contributed by atoms with E-state index in [2.05, 4.69) is 0 Å². The molecule has 1 nitrogen and oxygen atoms in total. The van der Waals surface area contributed by atoms with Gasteiger partial charge in [-0.15, -0.1) is 0 Å². The van der Waals surface area contributed by atoms with Crippen LogP contribution in [0.1, 0.15) is 11.1 Å². The molecule has 1 unspecified atom stereocenters. The molecular weight excluding hydrogens is 289 g/mol. The van der Waals surface area contributed by atoms with Gasteiger partial charge in [0.2, 0.25) is 0 Å². The van der Waals surface area contributed by atoms with Crippen LogP contribution in [0.3, 0.4) is 0 Å². The van der Waals surface area contributed by atoms with Crippen molar-refractivity contribution in [3.8, 4) is 0 Å². The minimum absolute atomic E-state index is 0.000542. The Kier molecular flexibility index (Phi) is 4.68. The van der Waals surface area contributed by atoms with Gasteiger partial charge in [0.1, 0.15) is 5.82 Å². The smallest absolute Gasteiger partial charge is 0.162 e. The van der Waals surface area contributed by atoms with Crippen LogP contribution in [-0.4, -0.2) is 11.2 Å². The minimum Gasteiger partial charge on any atom is -0.392 e. The zero-order valence-electron chi connectivity index (χ0n) is 10.4. The van der Waals surface area contributed by atoms with Gasteiger partial charge in [-0.25, -0.2) is 13.2 Å². The van der Waals surface area contributed by atoms with Gasteiger partial charge in [-0.2, -0.15) is 0 Å². The van der Waals surface area contributed by atoms with Crippen LogP contribution in [0.15, 0.2) is 36.4 Å². The highest BCUT2D eigenvalue weighted by Crippen LogP contribution is 2.18. The van der Waals surface area contributed by atoms with Crippen molar-refractivity contribution in [2.24, 2.45) is 0 Å². The van der Waals surface area contributed by atoms with Crippen molar-refractivity contribution in [2.45, 2.75) is 18.9 Å². The van der Waals surface area contributed by atoms with Crippen LogP contribution in [-0.2, 0) is 12.8 Å². The molecule has 0 saturated heterocycles. The third kappa shape index (κ3) is 3.52. The van der Waals surface area contributed by atoms with Gasteiger partial charge in [0.15, 0.2) is 11.6 Å². The molecule has 0 spiro atoms. The van der Waals surface area contributed by atoms with E-state index in [4.69, 9.17) is 11.6 Å². The van der Waals surface area contributed by atoms with Crippen molar-refractivity contribution < 1.29 is 18.3 Å². The fourth-order valence-electron chi connectivity index (χ4n) is 1.97. The molecule has 0 aliphatic carbocycles. The van der Waals surface area contributed by atoms with Gasteiger partial charge in [0, 0.05) is 6.42 Å². The summed E-state index contributed by atoms with van der Waals surface area (Å²) in [7, 11) is 0. The predicted molar refractivity (Wildman–Crippen MR) is 71.2 cm³/mol. The second-order valence-corrected chi connectivity index (χ2v) is 4.93. The van der Waals surface area contributed by atoms with Crippen LogP contribution in [0.4, 0.5) is 13.2 Å². The molecule has 0 aliphatic heterocycles. The fourth-order valence-corrected chi connectivity index (χ4v) is 2.09. The number of hydrogen-bond donors (Lipinski definition) is 1. The van der Waals surface area contributed by atoms with E-state index < -0.39 is 23.6 Å². The maximum atomic E-state index is 13.5. The SMILES string of the molecule is OC(Cc1ccc(Cl)c(F)c1)Cc1cccc(F)c1F. The van der Waals surface area contributed by atoms with E-state index in [1.165, 1.54) is 24.3 Å². The Morgan fingerprint density at radius 3 is 2.45 bits per heavy atom. The van der Waals surface area contributed by atoms with E-state index in [1.807, 2.05) is 0 Å². The summed E-state index contributed by atoms with van der Waals surface area (Å²) in [5.41, 5.74) is 0.628. The van der Waals surface area contributed by atoms with Crippen LogP contribution < -0.4 is 0 Å². The van der Waals surface area contributed by atoms with Gasteiger partial charge in [0.25, 0.3) is 0 Å². The summed E-state index contributed by atoms with van der Waals surface area (Å²) in [6.45, 7) is 0. The molecule has 0 radical (unpaired) electrons. The molecule has 5 heteroatoms. The molecule has 106 valence electrons. The predicted octanol–water partition coefficient (Wildman–Crippen LogP) is 3.90. The first-order chi connectivity index (χ1) is 9.47. The molecule has 2 aromatic rings. The number of aliphatic hydroxyl groups is 1. The van der Waals surface area contributed by atoms with E-state index in [-0.39, 0.29) is 23.4 Å². The normalized spacial score (nSPS) is 12.4. The molecule has 20 heavy (non-hydrogen) atoms. The maximum Gasteiger partial charge on any atom is 0.162 e. The van der Waals surface area contributed by atoms with E-state index >= 15 is 0 Å². The van der Waals surface area contributed by atoms with Crippen LogP contribution >= 0.6 is 11.6 Å². The molecule has 0 aliphatic rings. The monoisotopic (exact) mass is 300 g/mol. The lowest BCUT2D eigenvalue weighted by Gasteiger charge is -2.12. The van der Waals surface area contributed by atoms with E-state index in [0.717, 1.165) is 6.07 Å². The zero-order valence-corrected chi connectivity index (χ0v) is 11.2. The standard InChI is InChI=1S/C15H12ClF3O/c16-12-5-4-9(7-14(12)18)6-11(20)8-10-2-1-3-13(17)15(10)19/h1-5,7,11,20H,6,8H2. The van der Waals surface area contributed by atoms with Crippen molar-refractivity contribution in [2.75, 3.05) is 0 Å². The highest BCUT2D eigenvalue weighted by molar-refractivity contribution is 6.30. The Balaban J connectivity index is 2.07. The number of rotatable bonds is 4. The Morgan fingerprint density at radius 2 is 1.75 bits per heavy atom. The lowest BCUT2D eigenvalue weighted by molar-refractivity contribution is 0.173. The Hall–Kier alpha value is -1.52. The third-order valence-electron chi connectivity index (χ3n) is 2.94. The summed E-state index contributed by atoms with van der Waals surface area (Å²) >= 11 is 5.56. The average Bonchev–Trinajstić information content (AvgIpc) is 2.39. The third-order valence-corrected chi connectivity index (χ3v) is 3.25. The second-order valence-electron chi connectivity index (χ2n) is 4.52. The molecule has 0 fully saturated rings. The molecule has 0 aromatic heterocycles. The van der Waals surface area contributed by atoms with Gasteiger partial charge >= 0.3 is 0 Å². The van der Waals surface area contributed by atoms with Crippen molar-refractivity contribution in [1.29, 1.82) is 0 Å². The quantitative estimate of drug-likeness (QED) is 0.908. The van der Waals surface area contributed by atoms with Gasteiger partial charge in [-0.05, 0) is 35.7 Å². The van der Waals surface area contributed by atoms with Gasteiger partial charge in [0.05, 0.1) is 11.1 Å². The Bertz CT molecular complexity index is 616. The maximum absolute atomic E-state index is 13.5. The summed E-state index contributed by atoms with van der Waals surface area (Å²) in [6, 6.07) is 7.98. The van der Waals surface area contributed by atoms with E-state index in [9.17, 15) is 18.3 Å². The first-order valence-corrected chi connectivity index (χ1v) is 6.40. The molecule has 0 saturated carbocycles. The van der Waals surface area contributed by atoms with Crippen molar-refractivity contribution in [1.82, 2.24) is 0 Å². The lowest BCUT2D eigenvalue weighted by atomic mass is 10.0. The van der Waals surface area contributed by atoms with Gasteiger partial charge < -0.3 is 5.11 Å². The highest BCUT2D eigenvalue weighted by atomic mass is 35.5. The summed E-state index contributed by atoms with van der Waals surface area (Å²) in [4.78, 5) is 0. The number of aliphatic hydroxyl groups excluding tert-OH is 1. The van der Waals surface area contributed by atoms with E-state index in [0.29, 0.717) is 5.56 Å². The molecule has 0 amide bonds. The van der Waals surface area contributed by atoms with Gasteiger partial charge in [-0.3, -0.25) is 0 Å². The largest absolute Gasteiger partial charge is 0.392 e. The summed E-state index contributed by atoms with van der Waals surface area (Å²) in [5.74, 6) is -2.49. The number of hydrogen-bond acceptors (Lipinski definition) is 1. The number of halogens is 4. The van der Waals surface area contributed by atoms with Crippen molar-refractivity contribution >= 4 is 11.6 Å². The van der Waals surface area contributed by atoms with Crippen molar-refractivity contribution in [3.63, 3.8) is 0 Å². The second kappa shape index (κ2) is 6.29. The Labute approximate surface area is 119 Å². The van der Waals surface area contributed by atoms with Crippen molar-refractivity contribution in [3.05, 3.63) is 70.0 Å². The van der Waals surface area contributed by atoms with Crippen LogP contribution in [0.5, 0.6) is 0 Å². The molecule has 1 atom stereocenters. The Morgan fingerprint density at radius 1 is 1.00 bits per heavy atom.